The van der Waals surface area contributed by atoms with E-state index in [0.717, 1.165) is 5.56 Å². The summed E-state index contributed by atoms with van der Waals surface area (Å²) in [4.78, 5) is 40.8. The highest BCUT2D eigenvalue weighted by molar-refractivity contribution is 6.38. The number of amides is 1. The first-order valence-corrected chi connectivity index (χ1v) is 15.4. The van der Waals surface area contributed by atoms with Crippen LogP contribution in [0.15, 0.2) is 41.8 Å². The summed E-state index contributed by atoms with van der Waals surface area (Å²) < 4.78 is 17.1. The molecule has 6 rings (SSSR count). The van der Waals surface area contributed by atoms with Gasteiger partial charge >= 0.3 is 0 Å². The Kier molecular flexibility index (Phi) is 7.63. The zero-order valence-electron chi connectivity index (χ0n) is 24.6. The number of aromatic nitrogens is 3. The number of carbonyl (C=O) groups is 1. The SMILES string of the molecule is C=CC(=O)N1CC2Cc3c(c4cc(Cl)c(-c5c(N)c(Cl)cc(Cl)c5F)nc4n(-c4c(C)ccnc4C(C)C)c3=O)N2CC1C. The van der Waals surface area contributed by atoms with E-state index in [1.54, 1.807) is 21.7 Å². The quantitative estimate of drug-likeness (QED) is 0.149. The first-order chi connectivity index (χ1) is 20.8. The normalized spacial score (nSPS) is 17.8. The van der Waals surface area contributed by atoms with Crippen LogP contribution in [0.5, 0.6) is 0 Å². The van der Waals surface area contributed by atoms with Crippen molar-refractivity contribution >= 4 is 63.1 Å². The monoisotopic (exact) mass is 654 g/mol. The van der Waals surface area contributed by atoms with E-state index in [1.165, 1.54) is 12.1 Å². The summed E-state index contributed by atoms with van der Waals surface area (Å²) in [6, 6.07) is 4.47. The highest BCUT2D eigenvalue weighted by atomic mass is 35.5. The van der Waals surface area contributed by atoms with Gasteiger partial charge in [0, 0.05) is 42.7 Å². The van der Waals surface area contributed by atoms with Crippen LogP contribution in [0.2, 0.25) is 15.1 Å². The van der Waals surface area contributed by atoms with E-state index in [-0.39, 0.29) is 67.1 Å². The van der Waals surface area contributed by atoms with Gasteiger partial charge in [-0.25, -0.2) is 9.37 Å². The highest BCUT2D eigenvalue weighted by Gasteiger charge is 2.42. The maximum atomic E-state index is 15.6. The van der Waals surface area contributed by atoms with Gasteiger partial charge in [-0.3, -0.25) is 19.1 Å². The molecule has 228 valence electrons. The molecule has 1 saturated heterocycles. The minimum atomic E-state index is -0.824. The second-order valence-corrected chi connectivity index (χ2v) is 12.9. The van der Waals surface area contributed by atoms with E-state index in [1.807, 2.05) is 33.8 Å². The van der Waals surface area contributed by atoms with Gasteiger partial charge in [-0.15, -0.1) is 0 Å². The molecule has 8 nitrogen and oxygen atoms in total. The number of piperazine rings is 1. The molecular weight excluding hydrogens is 626 g/mol. The second kappa shape index (κ2) is 11.1. The Balaban J connectivity index is 1.72. The number of hydrogen-bond acceptors (Lipinski definition) is 6. The third kappa shape index (κ3) is 4.55. The van der Waals surface area contributed by atoms with Crippen LogP contribution in [0.25, 0.3) is 28.0 Å². The Hall–Kier alpha value is -3.66. The van der Waals surface area contributed by atoms with Gasteiger partial charge in [-0.2, -0.15) is 0 Å². The number of hydrogen-bond donors (Lipinski definition) is 1. The molecule has 44 heavy (non-hydrogen) atoms. The van der Waals surface area contributed by atoms with E-state index in [4.69, 9.17) is 45.5 Å². The first kappa shape index (κ1) is 30.4. The Morgan fingerprint density at radius 2 is 1.89 bits per heavy atom. The summed E-state index contributed by atoms with van der Waals surface area (Å²) in [6.45, 7) is 12.4. The van der Waals surface area contributed by atoms with Crippen molar-refractivity contribution in [2.45, 2.75) is 52.1 Å². The predicted octanol–water partition coefficient (Wildman–Crippen LogP) is 6.71. The van der Waals surface area contributed by atoms with Crippen LogP contribution in [-0.2, 0) is 11.2 Å². The average Bonchev–Trinajstić information content (AvgIpc) is 3.35. The molecule has 1 aromatic carbocycles. The Labute approximate surface area is 268 Å². The zero-order chi connectivity index (χ0) is 31.8. The number of benzene rings is 1. The molecule has 2 aliphatic rings. The molecule has 2 aliphatic heterocycles. The van der Waals surface area contributed by atoms with Crippen molar-refractivity contribution in [1.29, 1.82) is 0 Å². The zero-order valence-corrected chi connectivity index (χ0v) is 26.9. The van der Waals surface area contributed by atoms with Gasteiger partial charge in [0.05, 0.1) is 55.1 Å². The predicted molar refractivity (Wildman–Crippen MR) is 175 cm³/mol. The molecule has 0 spiro atoms. The molecule has 0 radical (unpaired) electrons. The minimum absolute atomic E-state index is 0.00335. The standard InChI is InChI=1S/C32H30Cl3FN6O2/c1-6-23(43)40-13-17-9-19-30(41(17)12-16(40)5)18-10-22(35)28(24-25(36)20(33)11-21(34)26(24)37)39-31(18)42(32(19)44)29-15(4)7-8-38-27(29)14(2)3/h6-8,10-11,14,16-17H,1,9,12-13,37H2,2-5H3. The molecule has 2 atom stereocenters. The number of nitrogen functional groups attached to an aromatic ring is 1. The van der Waals surface area contributed by atoms with E-state index in [9.17, 15) is 9.59 Å². The number of nitrogens with two attached hydrogens (primary N) is 1. The van der Waals surface area contributed by atoms with Gasteiger partial charge in [0.15, 0.2) is 5.82 Å². The maximum absolute atomic E-state index is 15.6. The van der Waals surface area contributed by atoms with Crippen molar-refractivity contribution in [3.05, 3.63) is 85.1 Å². The molecule has 4 aromatic rings. The van der Waals surface area contributed by atoms with Gasteiger partial charge in [-0.1, -0.05) is 55.2 Å². The topological polar surface area (TPSA) is 97.4 Å². The van der Waals surface area contributed by atoms with Crippen LogP contribution in [0.1, 0.15) is 43.5 Å². The number of fused-ring (bicyclic) bond motifs is 5. The van der Waals surface area contributed by atoms with Crippen LogP contribution in [-0.4, -0.2) is 50.5 Å². The van der Waals surface area contributed by atoms with Crippen LogP contribution in [0, 0.1) is 12.7 Å². The Morgan fingerprint density at radius 1 is 1.16 bits per heavy atom. The summed E-state index contributed by atoms with van der Waals surface area (Å²) in [7, 11) is 0. The Bertz CT molecular complexity index is 1930. The van der Waals surface area contributed by atoms with Crippen molar-refractivity contribution in [1.82, 2.24) is 19.4 Å². The number of aryl methyl sites for hydroxylation is 1. The number of pyridine rings is 3. The third-order valence-corrected chi connectivity index (χ3v) is 9.44. The average molecular weight is 656 g/mol. The van der Waals surface area contributed by atoms with Gasteiger partial charge in [-0.05, 0) is 49.6 Å². The fourth-order valence-corrected chi connectivity index (χ4v) is 7.19. The fraction of sp³-hybridized carbons (Fsp3) is 0.312. The molecular formula is C32H30Cl3FN6O2. The van der Waals surface area contributed by atoms with Gasteiger partial charge in [0.1, 0.15) is 5.65 Å². The van der Waals surface area contributed by atoms with Crippen LogP contribution in [0.3, 0.4) is 0 Å². The largest absolute Gasteiger partial charge is 0.397 e. The lowest BCUT2D eigenvalue weighted by Gasteiger charge is -2.43. The number of rotatable bonds is 4. The number of anilines is 2. The number of nitrogens with zero attached hydrogens (tertiary/aromatic N) is 5. The van der Waals surface area contributed by atoms with Crippen LogP contribution in [0.4, 0.5) is 15.8 Å². The molecule has 2 N–H and O–H groups in total. The summed E-state index contributed by atoms with van der Waals surface area (Å²) in [6.07, 6.45) is 3.44. The van der Waals surface area contributed by atoms with Crippen LogP contribution < -0.4 is 16.2 Å². The summed E-state index contributed by atoms with van der Waals surface area (Å²) in [5, 5.41) is 0.525. The molecule has 0 saturated carbocycles. The lowest BCUT2D eigenvalue weighted by atomic mass is 10.0. The highest BCUT2D eigenvalue weighted by Crippen LogP contribution is 2.45. The fourth-order valence-electron chi connectivity index (χ4n) is 6.49. The lowest BCUT2D eigenvalue weighted by Crippen LogP contribution is -2.57. The molecule has 1 fully saturated rings. The van der Waals surface area contributed by atoms with E-state index < -0.39 is 5.82 Å². The molecule has 3 aromatic heterocycles. The molecule has 0 aliphatic carbocycles. The molecule has 0 bridgehead atoms. The van der Waals surface area contributed by atoms with Gasteiger partial charge in [0.25, 0.3) is 5.56 Å². The lowest BCUT2D eigenvalue weighted by molar-refractivity contribution is -0.128. The third-order valence-electron chi connectivity index (χ3n) is 8.57. The van der Waals surface area contributed by atoms with E-state index >= 15 is 4.39 Å². The second-order valence-electron chi connectivity index (χ2n) is 11.7. The van der Waals surface area contributed by atoms with Crippen molar-refractivity contribution in [3.8, 4) is 16.9 Å². The number of carbonyl (C=O) groups excluding carboxylic acids is 1. The smallest absolute Gasteiger partial charge is 0.262 e. The van der Waals surface area contributed by atoms with Crippen molar-refractivity contribution in [2.75, 3.05) is 23.7 Å². The minimum Gasteiger partial charge on any atom is -0.397 e. The van der Waals surface area contributed by atoms with Crippen LogP contribution >= 0.6 is 34.8 Å². The van der Waals surface area contributed by atoms with E-state index in [2.05, 4.69) is 16.5 Å². The van der Waals surface area contributed by atoms with Crippen molar-refractivity contribution < 1.29 is 9.18 Å². The first-order valence-electron chi connectivity index (χ1n) is 14.2. The molecule has 1 amide bonds. The summed E-state index contributed by atoms with van der Waals surface area (Å²) in [5.74, 6) is -1.01. The maximum Gasteiger partial charge on any atom is 0.262 e. The molecule has 12 heteroatoms. The number of halogens is 4. The van der Waals surface area contributed by atoms with Crippen molar-refractivity contribution in [2.24, 2.45) is 0 Å². The molecule has 5 heterocycles. The van der Waals surface area contributed by atoms with E-state index in [0.29, 0.717) is 47.5 Å². The van der Waals surface area contributed by atoms with Gasteiger partial charge in [0.2, 0.25) is 5.91 Å². The summed E-state index contributed by atoms with van der Waals surface area (Å²) in [5.41, 5.74) is 9.43. The summed E-state index contributed by atoms with van der Waals surface area (Å²) >= 11 is 19.3. The Morgan fingerprint density at radius 3 is 2.57 bits per heavy atom. The molecule has 2 unspecified atom stereocenters. The van der Waals surface area contributed by atoms with Crippen molar-refractivity contribution in [3.63, 3.8) is 0 Å². The van der Waals surface area contributed by atoms with Gasteiger partial charge < -0.3 is 15.5 Å².